The Labute approximate surface area is 193 Å². The molecule has 4 N–H and O–H groups in total. The van der Waals surface area contributed by atoms with Gasteiger partial charge >= 0.3 is 0 Å². The van der Waals surface area contributed by atoms with Crippen molar-refractivity contribution >= 4 is 35.1 Å². The fourth-order valence-corrected chi connectivity index (χ4v) is 3.83. The van der Waals surface area contributed by atoms with Crippen LogP contribution in [-0.2, 0) is 11.3 Å². The molecule has 0 radical (unpaired) electrons. The van der Waals surface area contributed by atoms with Crippen LogP contribution in [0.3, 0.4) is 0 Å². The minimum absolute atomic E-state index is 0.0225. The molecule has 33 heavy (non-hydrogen) atoms. The summed E-state index contributed by atoms with van der Waals surface area (Å²) in [6.45, 7) is 0.501. The molecule has 1 aliphatic heterocycles. The van der Waals surface area contributed by atoms with Crippen LogP contribution in [0.4, 0.5) is 11.5 Å². The molecule has 1 aromatic heterocycles. The number of ether oxygens (including phenoxy) is 2. The third-order valence-corrected chi connectivity index (χ3v) is 5.67. The predicted molar refractivity (Wildman–Crippen MR) is 123 cm³/mol. The number of anilines is 2. The lowest BCUT2D eigenvalue weighted by atomic mass is 10.2. The molecule has 0 saturated carbocycles. The predicted octanol–water partition coefficient (Wildman–Crippen LogP) is 2.92. The first-order valence-corrected chi connectivity index (χ1v) is 10.9. The number of nitriles is 1. The zero-order valence-electron chi connectivity index (χ0n) is 17.3. The maximum atomic E-state index is 12.5. The van der Waals surface area contributed by atoms with Crippen LogP contribution in [0.15, 0.2) is 59.6 Å². The molecule has 0 bridgehead atoms. The summed E-state index contributed by atoms with van der Waals surface area (Å²) < 4.78 is 10.6. The number of rotatable bonds is 7. The van der Waals surface area contributed by atoms with E-state index in [0.717, 1.165) is 17.3 Å². The van der Waals surface area contributed by atoms with Crippen LogP contribution < -0.4 is 25.8 Å². The van der Waals surface area contributed by atoms with E-state index in [-0.39, 0.29) is 40.4 Å². The highest BCUT2D eigenvalue weighted by Gasteiger charge is 2.18. The average Bonchev–Trinajstić information content (AvgIpc) is 3.30. The number of para-hydroxylation sites is 1. The summed E-state index contributed by atoms with van der Waals surface area (Å²) in [4.78, 5) is 29.0. The Balaban J connectivity index is 1.36. The van der Waals surface area contributed by atoms with Gasteiger partial charge in [-0.05, 0) is 35.9 Å². The number of fused-ring (bicyclic) bond motifs is 1. The van der Waals surface area contributed by atoms with Crippen LogP contribution >= 0.6 is 11.8 Å². The number of nitrogens with zero attached hydrogens (tertiary/aromatic N) is 2. The lowest BCUT2D eigenvalue weighted by molar-refractivity contribution is -0.118. The van der Waals surface area contributed by atoms with Crippen molar-refractivity contribution in [2.75, 3.05) is 23.6 Å². The molecule has 10 heteroatoms. The van der Waals surface area contributed by atoms with Crippen LogP contribution in [0.2, 0.25) is 0 Å². The first-order valence-electron chi connectivity index (χ1n) is 9.88. The van der Waals surface area contributed by atoms with Crippen molar-refractivity contribution in [3.05, 3.63) is 71.3 Å². The Morgan fingerprint density at radius 3 is 2.70 bits per heavy atom. The van der Waals surface area contributed by atoms with Gasteiger partial charge in [0, 0.05) is 12.2 Å². The topological polar surface area (TPSA) is 139 Å². The van der Waals surface area contributed by atoms with Gasteiger partial charge in [0.1, 0.15) is 16.9 Å². The zero-order valence-corrected chi connectivity index (χ0v) is 18.1. The Morgan fingerprint density at radius 1 is 1.12 bits per heavy atom. The molecular formula is C23H19N5O4S. The molecule has 1 aliphatic rings. The minimum atomic E-state index is -0.472. The molecule has 4 rings (SSSR count). The summed E-state index contributed by atoms with van der Waals surface area (Å²) in [5, 5.41) is 15.3. The number of nitrogen functional groups attached to an aromatic ring is 1. The van der Waals surface area contributed by atoms with Gasteiger partial charge in [-0.25, -0.2) is 4.98 Å². The molecule has 3 aromatic rings. The fourth-order valence-electron chi connectivity index (χ4n) is 3.04. The molecule has 0 spiro atoms. The molecule has 9 nitrogen and oxygen atoms in total. The normalized spacial score (nSPS) is 11.5. The number of carbonyl (C=O) groups is 2. The van der Waals surface area contributed by atoms with Gasteiger partial charge in [0.05, 0.1) is 16.9 Å². The smallest absolute Gasteiger partial charge is 0.259 e. The number of hydrogen-bond acceptors (Lipinski definition) is 8. The average molecular weight is 462 g/mol. The van der Waals surface area contributed by atoms with Crippen molar-refractivity contribution in [3.63, 3.8) is 0 Å². The summed E-state index contributed by atoms with van der Waals surface area (Å²) in [5.74, 6) is 0.612. The Kier molecular flexibility index (Phi) is 6.61. The molecule has 0 fully saturated rings. The van der Waals surface area contributed by atoms with Gasteiger partial charge in [0.2, 0.25) is 12.7 Å². The number of carbonyl (C=O) groups excluding carboxylic acids is 2. The maximum Gasteiger partial charge on any atom is 0.259 e. The zero-order chi connectivity index (χ0) is 23.2. The molecule has 2 aromatic carbocycles. The second-order valence-corrected chi connectivity index (χ2v) is 7.92. The monoisotopic (exact) mass is 461 g/mol. The quantitative estimate of drug-likeness (QED) is 0.456. The number of aromatic nitrogens is 1. The van der Waals surface area contributed by atoms with Crippen molar-refractivity contribution in [1.82, 2.24) is 10.3 Å². The Morgan fingerprint density at radius 2 is 1.91 bits per heavy atom. The second-order valence-electron chi connectivity index (χ2n) is 6.96. The van der Waals surface area contributed by atoms with Gasteiger partial charge in [-0.3, -0.25) is 9.59 Å². The Bertz CT molecular complexity index is 1240. The van der Waals surface area contributed by atoms with E-state index >= 15 is 0 Å². The maximum absolute atomic E-state index is 12.5. The third-order valence-electron chi connectivity index (χ3n) is 4.68. The number of amides is 2. The number of pyridine rings is 1. The summed E-state index contributed by atoms with van der Waals surface area (Å²) in [7, 11) is 0. The van der Waals surface area contributed by atoms with Crippen molar-refractivity contribution in [2.24, 2.45) is 0 Å². The number of nitrogens with two attached hydrogens (primary N) is 1. The third kappa shape index (κ3) is 5.34. The van der Waals surface area contributed by atoms with Crippen molar-refractivity contribution in [3.8, 4) is 17.6 Å². The number of thioether (sulfide) groups is 1. The molecule has 2 heterocycles. The molecule has 0 saturated heterocycles. The number of hydrogen-bond donors (Lipinski definition) is 3. The van der Waals surface area contributed by atoms with Crippen LogP contribution in [0, 0.1) is 11.3 Å². The number of benzene rings is 2. The fraction of sp³-hybridized carbons (Fsp3) is 0.130. The van der Waals surface area contributed by atoms with Crippen molar-refractivity contribution < 1.29 is 19.1 Å². The summed E-state index contributed by atoms with van der Waals surface area (Å²) in [6, 6.07) is 17.7. The first-order chi connectivity index (χ1) is 16.0. The van der Waals surface area contributed by atoms with Crippen LogP contribution in [0.5, 0.6) is 11.5 Å². The van der Waals surface area contributed by atoms with Crippen LogP contribution in [0.1, 0.15) is 21.5 Å². The van der Waals surface area contributed by atoms with E-state index in [9.17, 15) is 14.9 Å². The van der Waals surface area contributed by atoms with Gasteiger partial charge in [0.15, 0.2) is 11.5 Å². The van der Waals surface area contributed by atoms with E-state index in [4.69, 9.17) is 15.2 Å². The van der Waals surface area contributed by atoms with Gasteiger partial charge < -0.3 is 25.8 Å². The lowest BCUT2D eigenvalue weighted by Crippen LogP contribution is -2.24. The van der Waals surface area contributed by atoms with E-state index in [1.54, 1.807) is 30.3 Å². The molecule has 0 atom stereocenters. The highest BCUT2D eigenvalue weighted by Crippen LogP contribution is 2.32. The summed E-state index contributed by atoms with van der Waals surface area (Å²) in [5.41, 5.74) is 7.68. The molecule has 0 aliphatic carbocycles. The van der Waals surface area contributed by atoms with E-state index in [1.165, 1.54) is 6.07 Å². The van der Waals surface area contributed by atoms with Crippen LogP contribution in [0.25, 0.3) is 0 Å². The molecule has 0 unspecified atom stereocenters. The standard InChI is InChI=1S/C23H19N5O4S/c24-10-15-9-17(22(30)27-16-4-2-1-3-5-16)21(25)28-23(15)33-12-20(29)26-11-14-6-7-18-19(8-14)32-13-31-18/h1-9H,11-13H2,(H2,25,28)(H,26,29)(H,27,30). The first kappa shape index (κ1) is 22.0. The highest BCUT2D eigenvalue weighted by atomic mass is 32.2. The van der Waals surface area contributed by atoms with Gasteiger partial charge in [-0.1, -0.05) is 36.0 Å². The van der Waals surface area contributed by atoms with E-state index in [1.807, 2.05) is 24.3 Å². The molecule has 166 valence electrons. The highest BCUT2D eigenvalue weighted by molar-refractivity contribution is 8.00. The van der Waals surface area contributed by atoms with Gasteiger partial charge in [-0.2, -0.15) is 5.26 Å². The number of nitrogens with one attached hydrogen (secondary N) is 2. The van der Waals surface area contributed by atoms with Crippen molar-refractivity contribution in [1.29, 1.82) is 5.26 Å². The Hall–Kier alpha value is -4.23. The minimum Gasteiger partial charge on any atom is -0.454 e. The summed E-state index contributed by atoms with van der Waals surface area (Å²) >= 11 is 1.07. The molecule has 2 amide bonds. The molecular weight excluding hydrogens is 442 g/mol. The second kappa shape index (κ2) is 9.93. The largest absolute Gasteiger partial charge is 0.454 e. The van der Waals surface area contributed by atoms with Gasteiger partial charge in [0.25, 0.3) is 5.91 Å². The summed E-state index contributed by atoms with van der Waals surface area (Å²) in [6.07, 6.45) is 0. The van der Waals surface area contributed by atoms with Gasteiger partial charge in [-0.15, -0.1) is 0 Å². The SMILES string of the molecule is N#Cc1cc(C(=O)Nc2ccccc2)c(N)nc1SCC(=O)NCc1ccc2c(c1)OCO2. The van der Waals surface area contributed by atoms with Crippen LogP contribution in [-0.4, -0.2) is 29.3 Å². The van der Waals surface area contributed by atoms with E-state index in [2.05, 4.69) is 15.6 Å². The van der Waals surface area contributed by atoms with Crippen molar-refractivity contribution in [2.45, 2.75) is 11.6 Å². The van der Waals surface area contributed by atoms with E-state index < -0.39 is 5.91 Å². The lowest BCUT2D eigenvalue weighted by Gasteiger charge is -2.10. The van der Waals surface area contributed by atoms with E-state index in [0.29, 0.717) is 23.7 Å².